The number of hydrogen-bond donors (Lipinski definition) is 1. The van der Waals surface area contributed by atoms with Crippen molar-refractivity contribution >= 4 is 40.1 Å². The van der Waals surface area contributed by atoms with Gasteiger partial charge in [-0.3, -0.25) is 9.78 Å². The minimum atomic E-state index is -0.859. The zero-order valence-electron chi connectivity index (χ0n) is 11.2. The quantitative estimate of drug-likeness (QED) is 0.727. The third-order valence-electron chi connectivity index (χ3n) is 2.80. The number of aromatic nitrogens is 4. The zero-order valence-corrected chi connectivity index (χ0v) is 12.8. The van der Waals surface area contributed by atoms with Crippen LogP contribution in [0.4, 0.5) is 0 Å². The Labute approximate surface area is 128 Å². The number of carbonyl (C=O) groups is 1. The van der Waals surface area contributed by atoms with Gasteiger partial charge in [0.2, 0.25) is 0 Å². The van der Waals surface area contributed by atoms with E-state index in [2.05, 4.69) is 15.0 Å². The topological polar surface area (TPSA) is 80.9 Å². The minimum absolute atomic E-state index is 0.0202. The summed E-state index contributed by atoms with van der Waals surface area (Å²) in [4.78, 5) is 24.8. The molecule has 0 aliphatic carbocycles. The molecular weight excluding hydrogens is 308 g/mol. The van der Waals surface area contributed by atoms with Crippen LogP contribution in [0.3, 0.4) is 0 Å². The molecule has 0 amide bonds. The number of fused-ring (bicyclic) bond motifs is 1. The normalized spacial score (nSPS) is 11.1. The lowest BCUT2D eigenvalue weighted by Gasteiger charge is -2.05. The lowest BCUT2D eigenvalue weighted by atomic mass is 10.4. The maximum atomic E-state index is 10.8. The van der Waals surface area contributed by atoms with Crippen LogP contribution < -0.4 is 0 Å². The molecule has 0 radical (unpaired) electrons. The van der Waals surface area contributed by atoms with Crippen molar-refractivity contribution in [1.29, 1.82) is 0 Å². The van der Waals surface area contributed by atoms with Crippen LogP contribution in [0.1, 0.15) is 9.88 Å². The van der Waals surface area contributed by atoms with Crippen LogP contribution in [-0.2, 0) is 11.3 Å². The van der Waals surface area contributed by atoms with Gasteiger partial charge < -0.3 is 9.67 Å². The molecule has 8 heteroatoms. The van der Waals surface area contributed by atoms with E-state index >= 15 is 0 Å². The van der Waals surface area contributed by atoms with Crippen LogP contribution in [0.5, 0.6) is 0 Å². The van der Waals surface area contributed by atoms with E-state index in [-0.39, 0.29) is 5.75 Å². The van der Waals surface area contributed by atoms with Gasteiger partial charge in [0.25, 0.3) is 0 Å². The molecule has 3 aromatic rings. The van der Waals surface area contributed by atoms with Crippen molar-refractivity contribution in [3.05, 3.63) is 34.5 Å². The first-order valence-corrected chi connectivity index (χ1v) is 8.00. The van der Waals surface area contributed by atoms with Crippen molar-refractivity contribution in [3.63, 3.8) is 0 Å². The number of carboxylic acid groups (broad SMARTS) is 1. The summed E-state index contributed by atoms with van der Waals surface area (Å²) < 4.78 is 1.99. The molecule has 0 aliphatic heterocycles. The number of rotatable bonds is 5. The Hall–Kier alpha value is -1.93. The number of aliphatic carboxylic acids is 1. The van der Waals surface area contributed by atoms with Crippen molar-refractivity contribution in [2.75, 3.05) is 5.75 Å². The second-order valence-electron chi connectivity index (χ2n) is 4.39. The second kappa shape index (κ2) is 5.82. The highest BCUT2D eigenvalue weighted by atomic mass is 32.2. The Morgan fingerprint density at radius 1 is 1.48 bits per heavy atom. The van der Waals surface area contributed by atoms with Gasteiger partial charge in [0.05, 0.1) is 24.0 Å². The molecule has 108 valence electrons. The first kappa shape index (κ1) is 14.0. The first-order valence-electron chi connectivity index (χ1n) is 6.19. The highest BCUT2D eigenvalue weighted by Crippen LogP contribution is 2.25. The predicted molar refractivity (Wildman–Crippen MR) is 81.8 cm³/mol. The molecule has 0 saturated heterocycles. The fraction of sp³-hybridized carbons (Fsp3) is 0.231. The Bertz CT molecular complexity index is 796. The van der Waals surface area contributed by atoms with E-state index in [0.717, 1.165) is 20.9 Å². The molecule has 21 heavy (non-hydrogen) atoms. The Morgan fingerprint density at radius 2 is 2.33 bits per heavy atom. The molecule has 0 fully saturated rings. The number of aryl methyl sites for hydroxylation is 1. The smallest absolute Gasteiger partial charge is 0.313 e. The SMILES string of the molecule is Cc1cnc(Cn2c(SCC(=O)O)nc3cnccc32)s1. The molecule has 3 heterocycles. The predicted octanol–water partition coefficient (Wildman–Crippen LogP) is 2.42. The van der Waals surface area contributed by atoms with Crippen molar-refractivity contribution in [2.24, 2.45) is 0 Å². The third-order valence-corrected chi connectivity index (χ3v) is 4.66. The maximum absolute atomic E-state index is 10.8. The number of thioether (sulfide) groups is 1. The molecule has 6 nitrogen and oxygen atoms in total. The lowest BCUT2D eigenvalue weighted by molar-refractivity contribution is -0.133. The summed E-state index contributed by atoms with van der Waals surface area (Å²) in [5.74, 6) is -0.880. The van der Waals surface area contributed by atoms with E-state index in [0.29, 0.717) is 11.7 Å². The van der Waals surface area contributed by atoms with Crippen molar-refractivity contribution in [1.82, 2.24) is 19.5 Å². The van der Waals surface area contributed by atoms with Gasteiger partial charge in [-0.05, 0) is 13.0 Å². The van der Waals surface area contributed by atoms with E-state index in [9.17, 15) is 4.79 Å². The molecule has 0 aromatic carbocycles. The molecule has 0 atom stereocenters. The van der Waals surface area contributed by atoms with Gasteiger partial charge in [-0.1, -0.05) is 11.8 Å². The molecule has 0 bridgehead atoms. The number of hydrogen-bond acceptors (Lipinski definition) is 6. The minimum Gasteiger partial charge on any atom is -0.481 e. The average molecular weight is 320 g/mol. The second-order valence-corrected chi connectivity index (χ2v) is 6.65. The summed E-state index contributed by atoms with van der Waals surface area (Å²) in [5.41, 5.74) is 1.70. The molecule has 0 unspecified atom stereocenters. The lowest BCUT2D eigenvalue weighted by Crippen LogP contribution is -2.04. The van der Waals surface area contributed by atoms with Crippen LogP contribution in [0.25, 0.3) is 11.0 Å². The number of nitrogens with zero attached hydrogens (tertiary/aromatic N) is 4. The molecular formula is C13H12N4O2S2. The Morgan fingerprint density at radius 3 is 3.05 bits per heavy atom. The summed E-state index contributed by atoms with van der Waals surface area (Å²) in [5, 5.41) is 10.5. The summed E-state index contributed by atoms with van der Waals surface area (Å²) >= 11 is 2.84. The van der Waals surface area contributed by atoms with Gasteiger partial charge in [-0.25, -0.2) is 9.97 Å². The molecule has 1 N–H and O–H groups in total. The molecule has 0 saturated carbocycles. The summed E-state index contributed by atoms with van der Waals surface area (Å²) in [6, 6.07) is 1.88. The number of imidazole rings is 1. The van der Waals surface area contributed by atoms with Gasteiger partial charge in [0, 0.05) is 17.3 Å². The van der Waals surface area contributed by atoms with Crippen LogP contribution >= 0.6 is 23.1 Å². The van der Waals surface area contributed by atoms with Gasteiger partial charge in [0.1, 0.15) is 10.5 Å². The number of thiazole rings is 1. The highest BCUT2D eigenvalue weighted by Gasteiger charge is 2.14. The summed E-state index contributed by atoms with van der Waals surface area (Å²) in [6.07, 6.45) is 5.23. The van der Waals surface area contributed by atoms with Gasteiger partial charge in [-0.2, -0.15) is 0 Å². The maximum Gasteiger partial charge on any atom is 0.313 e. The molecule has 3 aromatic heterocycles. The third kappa shape index (κ3) is 3.06. The van der Waals surface area contributed by atoms with Crippen LogP contribution in [0.2, 0.25) is 0 Å². The van der Waals surface area contributed by atoms with Gasteiger partial charge >= 0.3 is 5.97 Å². The monoisotopic (exact) mass is 320 g/mol. The fourth-order valence-corrected chi connectivity index (χ4v) is 3.47. The number of pyridine rings is 1. The largest absolute Gasteiger partial charge is 0.481 e. The van der Waals surface area contributed by atoms with E-state index in [4.69, 9.17) is 5.11 Å². The fourth-order valence-electron chi connectivity index (χ4n) is 1.96. The standard InChI is InChI=1S/C13H12N4O2S2/c1-8-4-15-11(21-8)6-17-10-2-3-14-5-9(10)16-13(17)20-7-12(18)19/h2-5H,6-7H2,1H3,(H,18,19). The average Bonchev–Trinajstić information content (AvgIpc) is 3.01. The van der Waals surface area contributed by atoms with E-state index in [1.54, 1.807) is 23.7 Å². The first-order chi connectivity index (χ1) is 10.1. The van der Waals surface area contributed by atoms with E-state index in [1.165, 1.54) is 11.8 Å². The highest BCUT2D eigenvalue weighted by molar-refractivity contribution is 7.99. The zero-order chi connectivity index (χ0) is 14.8. The van der Waals surface area contributed by atoms with Crippen molar-refractivity contribution in [3.8, 4) is 0 Å². The van der Waals surface area contributed by atoms with Crippen molar-refractivity contribution in [2.45, 2.75) is 18.6 Å². The molecule has 0 aliphatic rings. The summed E-state index contributed by atoms with van der Waals surface area (Å²) in [6.45, 7) is 2.60. The van der Waals surface area contributed by atoms with Crippen LogP contribution in [-0.4, -0.2) is 36.3 Å². The van der Waals surface area contributed by atoms with Gasteiger partial charge in [-0.15, -0.1) is 11.3 Å². The molecule has 0 spiro atoms. The molecule has 3 rings (SSSR count). The summed E-state index contributed by atoms with van der Waals surface area (Å²) in [7, 11) is 0. The van der Waals surface area contributed by atoms with E-state index in [1.807, 2.05) is 23.8 Å². The Balaban J connectivity index is 2.00. The van der Waals surface area contributed by atoms with Crippen LogP contribution in [0, 0.1) is 6.92 Å². The van der Waals surface area contributed by atoms with Crippen molar-refractivity contribution < 1.29 is 9.90 Å². The van der Waals surface area contributed by atoms with Gasteiger partial charge in [0.15, 0.2) is 5.16 Å². The van der Waals surface area contributed by atoms with Crippen LogP contribution in [0.15, 0.2) is 29.8 Å². The Kier molecular flexibility index (Phi) is 3.89. The van der Waals surface area contributed by atoms with E-state index < -0.39 is 5.97 Å². The number of carboxylic acids is 1.